The zero-order valence-electron chi connectivity index (χ0n) is 2.12. The zero-order valence-corrected chi connectivity index (χ0v) is 12.2. The fraction of sp³-hybridized carbons (Fsp3) is 0. The largest absolute Gasteiger partial charge is 0 e. The van der Waals surface area contributed by atoms with Crippen molar-refractivity contribution < 1.29 is 54.9 Å². The van der Waals surface area contributed by atoms with Crippen molar-refractivity contribution in [3.63, 3.8) is 0 Å². The minimum Gasteiger partial charge on any atom is 0 e. The van der Waals surface area contributed by atoms with E-state index in [1.54, 1.807) is 0 Å². The van der Waals surface area contributed by atoms with E-state index in [4.69, 9.17) is 2.85 Å². The van der Waals surface area contributed by atoms with Gasteiger partial charge in [-0.15, -0.1) is 0 Å². The second-order valence-electron chi connectivity index (χ2n) is 0. The van der Waals surface area contributed by atoms with Gasteiger partial charge in [-0.3, -0.25) is 0 Å². The summed E-state index contributed by atoms with van der Waals surface area (Å²) in [6.07, 6.45) is 0. The van der Waals surface area contributed by atoms with Crippen LogP contribution in [0.15, 0.2) is 0 Å². The molecule has 0 unspecified atom stereocenters. The maximum atomic E-state index is 8.42. The van der Waals surface area contributed by atoms with E-state index in [1.165, 1.54) is 0 Å². The summed E-state index contributed by atoms with van der Waals surface area (Å²) >= 11 is -0.1000. The third kappa shape index (κ3) is 8.83. The molecule has 0 radical (unpaired) electrons. The van der Waals surface area contributed by atoms with Crippen LogP contribution in [-0.2, 0) is 54.9 Å². The monoisotopic (exact) mass is 402 g/mol. The Morgan fingerprint density at radius 1 is 1.25 bits per heavy atom. The van der Waals surface area contributed by atoms with Crippen molar-refractivity contribution in [1.29, 1.82) is 0 Å². The van der Waals surface area contributed by atoms with Crippen molar-refractivity contribution in [2.75, 3.05) is 0 Å². The van der Waals surface area contributed by atoms with Crippen LogP contribution in [0.2, 0.25) is 0 Å². The molecule has 0 heterocycles. The number of hydrogen-bond donors (Lipinski definition) is 0. The third-order valence-electron chi connectivity index (χ3n) is 0. The predicted molar refractivity (Wildman–Crippen MR) is 7.84 cm³/mol. The Balaban J connectivity index is -0.00000000500. The molecular weight excluding hydrogens is 401 g/mol. The SMILES string of the molecule is [Hf].[O]=[InH].[Zr]. The van der Waals surface area contributed by atoms with Crippen LogP contribution in [0, 0.1) is 0 Å². The van der Waals surface area contributed by atoms with Gasteiger partial charge in [-0.2, -0.15) is 0 Å². The van der Waals surface area contributed by atoms with Crippen molar-refractivity contribution >= 4 is 24.4 Å². The van der Waals surface area contributed by atoms with Gasteiger partial charge in [0.25, 0.3) is 0 Å². The first kappa shape index (κ1) is 16.1. The van der Waals surface area contributed by atoms with Crippen LogP contribution in [0.3, 0.4) is 0 Å². The Labute approximate surface area is 77.8 Å². The molecule has 0 aromatic rings. The van der Waals surface area contributed by atoms with Crippen LogP contribution in [0.25, 0.3) is 0 Å². The van der Waals surface area contributed by atoms with Gasteiger partial charge < -0.3 is 0 Å². The molecule has 4 heteroatoms. The molecule has 0 saturated heterocycles. The van der Waals surface area contributed by atoms with E-state index in [9.17, 15) is 0 Å². The Hall–Kier alpha value is 2.42. The average molecular weight is 402 g/mol. The van der Waals surface area contributed by atoms with Crippen molar-refractivity contribution in [2.24, 2.45) is 0 Å². The Kier molecular flexibility index (Phi) is 72.8. The van der Waals surface area contributed by atoms with Crippen molar-refractivity contribution in [2.45, 2.75) is 0 Å². The van der Waals surface area contributed by atoms with Gasteiger partial charge in [-0.1, -0.05) is 0 Å². The van der Waals surface area contributed by atoms with Gasteiger partial charge in [0.15, 0.2) is 0 Å². The van der Waals surface area contributed by atoms with Crippen LogP contribution in [-0.4, -0.2) is 24.4 Å². The maximum absolute atomic E-state index is 8.42. The molecule has 0 aromatic heterocycles. The smallest absolute Gasteiger partial charge is 0 e. The third-order valence-corrected chi connectivity index (χ3v) is 0. The summed E-state index contributed by atoms with van der Waals surface area (Å²) in [5, 5.41) is 0. The van der Waals surface area contributed by atoms with E-state index in [0.717, 1.165) is 0 Å². The fourth-order valence-corrected chi connectivity index (χ4v) is 0. The second kappa shape index (κ2) is 18.1. The molecule has 0 aliphatic carbocycles. The number of rotatable bonds is 0. The molecule has 0 aromatic carbocycles. The molecule has 0 bridgehead atoms. The predicted octanol–water partition coefficient (Wildman–Crippen LogP) is -0.772. The van der Waals surface area contributed by atoms with Gasteiger partial charge >= 0.3 is 27.2 Å². The molecule has 0 spiro atoms. The molecule has 18 valence electrons. The molecule has 0 aliphatic rings. The van der Waals surface area contributed by atoms with Crippen LogP contribution in [0.1, 0.15) is 0 Å². The van der Waals surface area contributed by atoms with Crippen molar-refractivity contribution in [1.82, 2.24) is 0 Å². The van der Waals surface area contributed by atoms with Crippen molar-refractivity contribution in [3.8, 4) is 0 Å². The van der Waals surface area contributed by atoms with E-state index < -0.39 is 0 Å². The molecule has 0 N–H and O–H groups in total. The summed E-state index contributed by atoms with van der Waals surface area (Å²) in [4.78, 5) is 0. The molecular formula is HHfInOZr. The van der Waals surface area contributed by atoms with Crippen LogP contribution >= 0.6 is 0 Å². The topological polar surface area (TPSA) is 17.1 Å². The van der Waals surface area contributed by atoms with Gasteiger partial charge in [0, 0.05) is 52.0 Å². The molecule has 0 fully saturated rings. The minimum absolute atomic E-state index is 0. The first-order chi connectivity index (χ1) is 1.00. The van der Waals surface area contributed by atoms with E-state index in [2.05, 4.69) is 0 Å². The normalized spacial score (nSPS) is 0.750. The molecule has 0 atom stereocenters. The quantitative estimate of drug-likeness (QED) is 0.487. The maximum Gasteiger partial charge on any atom is 0 e. The van der Waals surface area contributed by atoms with Gasteiger partial charge in [0.05, 0.1) is 0 Å². The second-order valence-corrected chi connectivity index (χ2v) is 0. The molecule has 0 rings (SSSR count). The van der Waals surface area contributed by atoms with Gasteiger partial charge in [0.1, 0.15) is 0 Å². The van der Waals surface area contributed by atoms with E-state index >= 15 is 0 Å². The number of hydrogen-bond acceptors (Lipinski definition) is 1. The van der Waals surface area contributed by atoms with Gasteiger partial charge in [-0.05, 0) is 0 Å². The summed E-state index contributed by atoms with van der Waals surface area (Å²) in [5.74, 6) is 0. The van der Waals surface area contributed by atoms with E-state index in [-0.39, 0.29) is 76.4 Å². The molecule has 4 heavy (non-hydrogen) atoms. The summed E-state index contributed by atoms with van der Waals surface area (Å²) < 4.78 is 8.42. The van der Waals surface area contributed by atoms with Gasteiger partial charge in [0.2, 0.25) is 0 Å². The standard InChI is InChI=1S/Hf.In.O.Zr.H. The zero-order chi connectivity index (χ0) is 2.00. The summed E-state index contributed by atoms with van der Waals surface area (Å²) in [6, 6.07) is 0. The summed E-state index contributed by atoms with van der Waals surface area (Å²) in [7, 11) is 0. The van der Waals surface area contributed by atoms with Crippen molar-refractivity contribution in [3.05, 3.63) is 0 Å². The first-order valence-corrected chi connectivity index (χ1v) is 1.94. The van der Waals surface area contributed by atoms with Gasteiger partial charge in [-0.25, -0.2) is 0 Å². The molecule has 1 nitrogen and oxygen atoms in total. The molecule has 0 saturated carbocycles. The van der Waals surface area contributed by atoms with E-state index in [0.29, 0.717) is 0 Å². The van der Waals surface area contributed by atoms with Crippen LogP contribution < -0.4 is 0 Å². The summed E-state index contributed by atoms with van der Waals surface area (Å²) in [6.45, 7) is 0. The Morgan fingerprint density at radius 2 is 1.25 bits per heavy atom. The fourth-order valence-electron chi connectivity index (χ4n) is 0. The average Bonchev–Trinajstić information content (AvgIpc) is 1.00. The Morgan fingerprint density at radius 3 is 1.25 bits per heavy atom. The van der Waals surface area contributed by atoms with Crippen LogP contribution in [0.5, 0.6) is 0 Å². The Bertz CT molecular complexity index is 8.00. The minimum atomic E-state index is -0.1000. The molecule has 0 aliphatic heterocycles. The summed E-state index contributed by atoms with van der Waals surface area (Å²) in [5.41, 5.74) is 0. The molecule has 0 amide bonds. The first-order valence-electron chi connectivity index (χ1n) is 0.289. The van der Waals surface area contributed by atoms with E-state index in [1.807, 2.05) is 0 Å². The van der Waals surface area contributed by atoms with Crippen LogP contribution in [0.4, 0.5) is 0 Å².